The molecule has 0 heterocycles. The lowest BCUT2D eigenvalue weighted by molar-refractivity contribution is -0.139. The molecule has 0 aromatic carbocycles. The van der Waals surface area contributed by atoms with Gasteiger partial charge >= 0.3 is 12.0 Å². The van der Waals surface area contributed by atoms with Crippen LogP contribution >= 0.6 is 11.8 Å². The van der Waals surface area contributed by atoms with Crippen LogP contribution in [0.1, 0.15) is 33.1 Å². The van der Waals surface area contributed by atoms with Gasteiger partial charge in [-0.3, -0.25) is 0 Å². The minimum Gasteiger partial charge on any atom is -0.480 e. The molecular formula is C11H22N2O3S. The summed E-state index contributed by atoms with van der Waals surface area (Å²) >= 11 is 1.72. The fourth-order valence-corrected chi connectivity index (χ4v) is 1.93. The standard InChI is InChI=1S/C11H22N2O3S/c1-4-5-9(10(14)15)13-11(16)12-8(2)6-7-17-3/h8-9H,4-7H2,1-3H3,(H,14,15)(H2,12,13,16). The van der Waals surface area contributed by atoms with E-state index in [0.29, 0.717) is 6.42 Å². The first-order chi connectivity index (χ1) is 8.01. The number of aliphatic carboxylic acids is 1. The van der Waals surface area contributed by atoms with Crippen LogP contribution < -0.4 is 10.6 Å². The molecule has 0 spiro atoms. The fraction of sp³-hybridized carbons (Fsp3) is 0.818. The van der Waals surface area contributed by atoms with Crippen molar-refractivity contribution in [3.63, 3.8) is 0 Å². The van der Waals surface area contributed by atoms with Crippen molar-refractivity contribution in [2.45, 2.75) is 45.2 Å². The summed E-state index contributed by atoms with van der Waals surface area (Å²) in [5.74, 6) is -0.0163. The van der Waals surface area contributed by atoms with Gasteiger partial charge in [0, 0.05) is 6.04 Å². The maximum Gasteiger partial charge on any atom is 0.326 e. The molecule has 0 radical (unpaired) electrons. The maximum atomic E-state index is 11.5. The molecule has 0 bridgehead atoms. The molecule has 2 amide bonds. The Morgan fingerprint density at radius 3 is 2.41 bits per heavy atom. The Bertz CT molecular complexity index is 249. The van der Waals surface area contributed by atoms with Gasteiger partial charge in [0.15, 0.2) is 0 Å². The summed E-state index contributed by atoms with van der Waals surface area (Å²) in [6.07, 6.45) is 4.05. The van der Waals surface area contributed by atoms with Crippen LogP contribution in [0, 0.1) is 0 Å². The van der Waals surface area contributed by atoms with E-state index in [0.717, 1.165) is 18.6 Å². The summed E-state index contributed by atoms with van der Waals surface area (Å²) in [5.41, 5.74) is 0. The zero-order valence-electron chi connectivity index (χ0n) is 10.7. The molecule has 6 heteroatoms. The number of carbonyl (C=O) groups excluding carboxylic acids is 1. The number of carboxylic acid groups (broad SMARTS) is 1. The van der Waals surface area contributed by atoms with Gasteiger partial charge in [-0.1, -0.05) is 13.3 Å². The Morgan fingerprint density at radius 1 is 1.29 bits per heavy atom. The van der Waals surface area contributed by atoms with Crippen LogP contribution in [0.2, 0.25) is 0 Å². The van der Waals surface area contributed by atoms with E-state index in [1.165, 1.54) is 0 Å². The Balaban J connectivity index is 4.00. The van der Waals surface area contributed by atoms with Gasteiger partial charge in [-0.2, -0.15) is 11.8 Å². The first-order valence-corrected chi connectivity index (χ1v) is 7.19. The molecule has 100 valence electrons. The molecule has 2 unspecified atom stereocenters. The lowest BCUT2D eigenvalue weighted by Crippen LogP contribution is -2.48. The summed E-state index contributed by atoms with van der Waals surface area (Å²) in [4.78, 5) is 22.4. The molecule has 0 fully saturated rings. The van der Waals surface area contributed by atoms with Gasteiger partial charge < -0.3 is 15.7 Å². The Hall–Kier alpha value is -0.910. The predicted octanol–water partition coefficient (Wildman–Crippen LogP) is 1.68. The first kappa shape index (κ1) is 16.1. The van der Waals surface area contributed by atoms with Crippen molar-refractivity contribution in [1.82, 2.24) is 10.6 Å². The highest BCUT2D eigenvalue weighted by Gasteiger charge is 2.19. The molecule has 0 saturated heterocycles. The van der Waals surface area contributed by atoms with Crippen molar-refractivity contribution in [2.24, 2.45) is 0 Å². The van der Waals surface area contributed by atoms with Crippen LogP contribution in [-0.4, -0.2) is 41.2 Å². The van der Waals surface area contributed by atoms with Crippen molar-refractivity contribution in [1.29, 1.82) is 0 Å². The molecule has 0 aromatic heterocycles. The summed E-state index contributed by atoms with van der Waals surface area (Å²) in [6.45, 7) is 3.79. The lowest BCUT2D eigenvalue weighted by atomic mass is 10.2. The minimum atomic E-state index is -0.987. The molecule has 17 heavy (non-hydrogen) atoms. The van der Waals surface area contributed by atoms with E-state index in [-0.39, 0.29) is 6.04 Å². The highest BCUT2D eigenvalue weighted by atomic mass is 32.2. The van der Waals surface area contributed by atoms with Gasteiger partial charge in [0.2, 0.25) is 0 Å². The second-order valence-corrected chi connectivity index (χ2v) is 4.97. The van der Waals surface area contributed by atoms with Crippen molar-refractivity contribution in [3.8, 4) is 0 Å². The monoisotopic (exact) mass is 262 g/mol. The van der Waals surface area contributed by atoms with E-state index >= 15 is 0 Å². The summed E-state index contributed by atoms with van der Waals surface area (Å²) in [6, 6.07) is -1.15. The molecule has 0 saturated carbocycles. The average molecular weight is 262 g/mol. The van der Waals surface area contributed by atoms with Crippen LogP contribution in [-0.2, 0) is 4.79 Å². The molecule has 2 atom stereocenters. The van der Waals surface area contributed by atoms with E-state index in [9.17, 15) is 9.59 Å². The van der Waals surface area contributed by atoms with Gasteiger partial charge in [-0.25, -0.2) is 9.59 Å². The molecule has 0 aliphatic heterocycles. The topological polar surface area (TPSA) is 78.4 Å². The number of carboxylic acids is 1. The third kappa shape index (κ3) is 7.90. The third-order valence-corrected chi connectivity index (χ3v) is 2.96. The molecule has 3 N–H and O–H groups in total. The molecule has 0 rings (SSSR count). The highest BCUT2D eigenvalue weighted by molar-refractivity contribution is 7.98. The van der Waals surface area contributed by atoms with Crippen LogP contribution in [0.4, 0.5) is 4.79 Å². The molecule has 0 aliphatic carbocycles. The number of nitrogens with one attached hydrogen (secondary N) is 2. The normalized spacial score (nSPS) is 13.8. The van der Waals surface area contributed by atoms with Crippen molar-refractivity contribution in [2.75, 3.05) is 12.0 Å². The van der Waals surface area contributed by atoms with Crippen LogP contribution in [0.5, 0.6) is 0 Å². The van der Waals surface area contributed by atoms with Crippen LogP contribution in [0.15, 0.2) is 0 Å². The maximum absolute atomic E-state index is 11.5. The molecule has 0 aromatic rings. The summed E-state index contributed by atoms with van der Waals surface area (Å²) < 4.78 is 0. The van der Waals surface area contributed by atoms with E-state index in [4.69, 9.17) is 5.11 Å². The number of hydrogen-bond acceptors (Lipinski definition) is 3. The summed E-state index contributed by atoms with van der Waals surface area (Å²) in [7, 11) is 0. The van der Waals surface area contributed by atoms with E-state index in [1.54, 1.807) is 11.8 Å². The SMILES string of the molecule is CCCC(NC(=O)NC(C)CCSC)C(=O)O. The molecular weight excluding hydrogens is 240 g/mol. The van der Waals surface area contributed by atoms with Crippen molar-refractivity contribution in [3.05, 3.63) is 0 Å². The van der Waals surface area contributed by atoms with Crippen molar-refractivity contribution >= 4 is 23.8 Å². The van der Waals surface area contributed by atoms with Gasteiger partial charge in [0.05, 0.1) is 0 Å². The molecule has 5 nitrogen and oxygen atoms in total. The average Bonchev–Trinajstić information content (AvgIpc) is 2.25. The Morgan fingerprint density at radius 2 is 1.94 bits per heavy atom. The van der Waals surface area contributed by atoms with Gasteiger partial charge in [0.25, 0.3) is 0 Å². The van der Waals surface area contributed by atoms with E-state index in [2.05, 4.69) is 10.6 Å². The van der Waals surface area contributed by atoms with E-state index in [1.807, 2.05) is 20.1 Å². The highest BCUT2D eigenvalue weighted by Crippen LogP contribution is 2.00. The Labute approximate surface area is 107 Å². The zero-order chi connectivity index (χ0) is 13.3. The number of amides is 2. The fourth-order valence-electron chi connectivity index (χ4n) is 1.34. The predicted molar refractivity (Wildman–Crippen MR) is 70.5 cm³/mol. The molecule has 0 aliphatic rings. The second kappa shape index (κ2) is 9.15. The smallest absolute Gasteiger partial charge is 0.326 e. The van der Waals surface area contributed by atoms with E-state index < -0.39 is 18.0 Å². The lowest BCUT2D eigenvalue weighted by Gasteiger charge is -2.17. The van der Waals surface area contributed by atoms with Crippen molar-refractivity contribution < 1.29 is 14.7 Å². The van der Waals surface area contributed by atoms with Crippen LogP contribution in [0.3, 0.4) is 0 Å². The Kier molecular flexibility index (Phi) is 8.66. The summed E-state index contributed by atoms with van der Waals surface area (Å²) in [5, 5.41) is 14.1. The largest absolute Gasteiger partial charge is 0.480 e. The number of thioether (sulfide) groups is 1. The number of carbonyl (C=O) groups is 2. The van der Waals surface area contributed by atoms with Gasteiger partial charge in [-0.15, -0.1) is 0 Å². The quantitative estimate of drug-likeness (QED) is 0.622. The zero-order valence-corrected chi connectivity index (χ0v) is 11.5. The minimum absolute atomic E-state index is 0.0542. The number of hydrogen-bond donors (Lipinski definition) is 3. The second-order valence-electron chi connectivity index (χ2n) is 3.98. The third-order valence-electron chi connectivity index (χ3n) is 2.31. The van der Waals surface area contributed by atoms with Gasteiger partial charge in [-0.05, 0) is 31.8 Å². The first-order valence-electron chi connectivity index (χ1n) is 5.80. The number of rotatable bonds is 8. The van der Waals surface area contributed by atoms with Crippen LogP contribution in [0.25, 0.3) is 0 Å². The number of urea groups is 1. The van der Waals surface area contributed by atoms with Gasteiger partial charge in [0.1, 0.15) is 6.04 Å².